The van der Waals surface area contributed by atoms with Crippen molar-refractivity contribution < 1.29 is 16.8 Å². The molecule has 0 bridgehead atoms. The first kappa shape index (κ1) is 14.7. The van der Waals surface area contributed by atoms with Crippen LogP contribution < -0.4 is 10.7 Å². The summed E-state index contributed by atoms with van der Waals surface area (Å²) in [6.07, 6.45) is 0. The molecule has 0 aliphatic carbocycles. The molecule has 7 nitrogen and oxygen atoms in total. The lowest BCUT2D eigenvalue weighted by molar-refractivity contribution is 0.586. The van der Waals surface area contributed by atoms with Crippen LogP contribution in [0.15, 0.2) is 40.2 Å². The highest BCUT2D eigenvalue weighted by molar-refractivity contribution is 7.94. The lowest BCUT2D eigenvalue weighted by Gasteiger charge is -2.05. The van der Waals surface area contributed by atoms with Crippen LogP contribution in [0.3, 0.4) is 0 Å². The van der Waals surface area contributed by atoms with Crippen molar-refractivity contribution in [3.8, 4) is 0 Å². The molecule has 0 aliphatic rings. The summed E-state index contributed by atoms with van der Waals surface area (Å²) in [6, 6.07) is 7.79. The SMILES string of the molecule is NS(=O)(=O)CCS(=O)(=O)c1cc2ccccc2c(=O)[nH]1. The van der Waals surface area contributed by atoms with Gasteiger partial charge in [-0.1, -0.05) is 18.2 Å². The molecule has 3 N–H and O–H groups in total. The summed E-state index contributed by atoms with van der Waals surface area (Å²) in [5.74, 6) is -1.38. The highest BCUT2D eigenvalue weighted by Crippen LogP contribution is 2.14. The van der Waals surface area contributed by atoms with Gasteiger partial charge in [0.1, 0.15) is 5.03 Å². The molecular formula is C11H12N2O5S2. The first-order valence-electron chi connectivity index (χ1n) is 5.54. The van der Waals surface area contributed by atoms with Gasteiger partial charge in [-0.15, -0.1) is 0 Å². The van der Waals surface area contributed by atoms with Gasteiger partial charge in [0.15, 0.2) is 9.84 Å². The minimum Gasteiger partial charge on any atom is -0.312 e. The van der Waals surface area contributed by atoms with E-state index < -0.39 is 36.9 Å². The van der Waals surface area contributed by atoms with Gasteiger partial charge in [-0.05, 0) is 17.5 Å². The normalized spacial score (nSPS) is 12.7. The Bertz CT molecular complexity index is 913. The Kier molecular flexibility index (Phi) is 3.67. The molecule has 2 aromatic rings. The van der Waals surface area contributed by atoms with Gasteiger partial charge >= 0.3 is 0 Å². The fourth-order valence-corrected chi connectivity index (χ4v) is 4.27. The fraction of sp³-hybridized carbons (Fsp3) is 0.182. The number of sulfone groups is 1. The summed E-state index contributed by atoms with van der Waals surface area (Å²) in [6.45, 7) is 0. The lowest BCUT2D eigenvalue weighted by atomic mass is 10.2. The lowest BCUT2D eigenvalue weighted by Crippen LogP contribution is -2.24. The van der Waals surface area contributed by atoms with Gasteiger partial charge in [-0.2, -0.15) is 0 Å². The smallest absolute Gasteiger partial charge is 0.256 e. The van der Waals surface area contributed by atoms with Crippen molar-refractivity contribution >= 4 is 30.6 Å². The first-order valence-corrected chi connectivity index (χ1v) is 8.91. The number of sulfonamides is 1. The number of benzene rings is 1. The Labute approximate surface area is 115 Å². The zero-order chi connectivity index (χ0) is 15.0. The number of pyridine rings is 1. The monoisotopic (exact) mass is 316 g/mol. The number of hydrogen-bond acceptors (Lipinski definition) is 5. The maximum Gasteiger partial charge on any atom is 0.256 e. The molecular weight excluding hydrogens is 304 g/mol. The topological polar surface area (TPSA) is 127 Å². The Hall–Kier alpha value is -1.71. The number of aromatic amines is 1. The molecule has 0 spiro atoms. The zero-order valence-electron chi connectivity index (χ0n) is 10.2. The number of H-pyrrole nitrogens is 1. The number of nitrogens with one attached hydrogen (secondary N) is 1. The third-order valence-corrected chi connectivity index (χ3v) is 5.36. The maximum atomic E-state index is 12.0. The number of aromatic nitrogens is 1. The van der Waals surface area contributed by atoms with Crippen LogP contribution in [0.2, 0.25) is 0 Å². The number of rotatable bonds is 4. The molecule has 2 rings (SSSR count). The van der Waals surface area contributed by atoms with Crippen molar-refractivity contribution in [1.29, 1.82) is 0 Å². The van der Waals surface area contributed by atoms with Crippen LogP contribution in [0.4, 0.5) is 0 Å². The van der Waals surface area contributed by atoms with Gasteiger partial charge in [-0.25, -0.2) is 22.0 Å². The van der Waals surface area contributed by atoms with E-state index in [1.807, 2.05) is 0 Å². The molecule has 0 radical (unpaired) electrons. The van der Waals surface area contributed by atoms with E-state index >= 15 is 0 Å². The highest BCUT2D eigenvalue weighted by atomic mass is 32.2. The van der Waals surface area contributed by atoms with Crippen LogP contribution in [0.25, 0.3) is 10.8 Å². The van der Waals surface area contributed by atoms with Gasteiger partial charge in [0.05, 0.1) is 11.5 Å². The first-order chi connectivity index (χ1) is 9.19. The van der Waals surface area contributed by atoms with Crippen molar-refractivity contribution in [1.82, 2.24) is 4.98 Å². The summed E-state index contributed by atoms with van der Waals surface area (Å²) in [4.78, 5) is 14.0. The largest absolute Gasteiger partial charge is 0.312 e. The van der Waals surface area contributed by atoms with Crippen LogP contribution in [-0.2, 0) is 19.9 Å². The van der Waals surface area contributed by atoms with Gasteiger partial charge in [0.2, 0.25) is 10.0 Å². The summed E-state index contributed by atoms with van der Waals surface area (Å²) < 4.78 is 45.6. The highest BCUT2D eigenvalue weighted by Gasteiger charge is 2.19. The quantitative estimate of drug-likeness (QED) is 0.792. The van der Waals surface area contributed by atoms with Crippen molar-refractivity contribution in [3.63, 3.8) is 0 Å². The molecule has 0 fully saturated rings. The Balaban J connectivity index is 2.50. The maximum absolute atomic E-state index is 12.0. The second-order valence-corrected chi connectivity index (χ2v) is 8.05. The second kappa shape index (κ2) is 5.00. The molecule has 0 amide bonds. The minimum atomic E-state index is -3.92. The Morgan fingerprint density at radius 2 is 1.70 bits per heavy atom. The fourth-order valence-electron chi connectivity index (χ4n) is 1.69. The average molecular weight is 316 g/mol. The third kappa shape index (κ3) is 3.24. The number of hydrogen-bond donors (Lipinski definition) is 2. The molecule has 1 aromatic heterocycles. The van der Waals surface area contributed by atoms with Crippen molar-refractivity contribution in [3.05, 3.63) is 40.7 Å². The predicted molar refractivity (Wildman–Crippen MR) is 74.6 cm³/mol. The molecule has 0 aliphatic heterocycles. The van der Waals surface area contributed by atoms with Crippen molar-refractivity contribution in [2.75, 3.05) is 11.5 Å². The van der Waals surface area contributed by atoms with E-state index in [4.69, 9.17) is 5.14 Å². The zero-order valence-corrected chi connectivity index (χ0v) is 11.9. The van der Waals surface area contributed by atoms with Gasteiger partial charge in [0, 0.05) is 5.39 Å². The molecule has 108 valence electrons. The van der Waals surface area contributed by atoms with Gasteiger partial charge in [-0.3, -0.25) is 4.79 Å². The van der Waals surface area contributed by atoms with Crippen molar-refractivity contribution in [2.24, 2.45) is 5.14 Å². The number of fused-ring (bicyclic) bond motifs is 1. The van der Waals surface area contributed by atoms with Crippen LogP contribution in [0.5, 0.6) is 0 Å². The van der Waals surface area contributed by atoms with E-state index in [0.717, 1.165) is 0 Å². The number of nitrogens with two attached hydrogens (primary N) is 1. The summed E-state index contributed by atoms with van der Waals surface area (Å²) in [5.41, 5.74) is -0.544. The summed E-state index contributed by atoms with van der Waals surface area (Å²) in [7, 11) is -7.81. The summed E-state index contributed by atoms with van der Waals surface area (Å²) >= 11 is 0. The van der Waals surface area contributed by atoms with E-state index in [2.05, 4.69) is 4.98 Å². The van der Waals surface area contributed by atoms with Crippen molar-refractivity contribution in [2.45, 2.75) is 5.03 Å². The van der Waals surface area contributed by atoms with Crippen LogP contribution in [-0.4, -0.2) is 33.3 Å². The van der Waals surface area contributed by atoms with Crippen LogP contribution in [0, 0.1) is 0 Å². The molecule has 0 atom stereocenters. The number of primary sulfonamides is 1. The van der Waals surface area contributed by atoms with Crippen LogP contribution in [0.1, 0.15) is 0 Å². The molecule has 0 saturated heterocycles. The van der Waals surface area contributed by atoms with Crippen LogP contribution >= 0.6 is 0 Å². The molecule has 0 saturated carbocycles. The minimum absolute atomic E-state index is 0.315. The predicted octanol–water partition coefficient (Wildman–Crippen LogP) is -0.410. The van der Waals surface area contributed by atoms with E-state index in [-0.39, 0.29) is 5.03 Å². The molecule has 20 heavy (non-hydrogen) atoms. The average Bonchev–Trinajstić information content (AvgIpc) is 2.36. The third-order valence-electron chi connectivity index (χ3n) is 2.70. The molecule has 1 heterocycles. The molecule has 1 aromatic carbocycles. The molecule has 9 heteroatoms. The van der Waals surface area contributed by atoms with E-state index in [1.165, 1.54) is 6.07 Å². The van der Waals surface area contributed by atoms with E-state index in [1.54, 1.807) is 24.3 Å². The van der Waals surface area contributed by atoms with E-state index in [9.17, 15) is 21.6 Å². The van der Waals surface area contributed by atoms with E-state index in [0.29, 0.717) is 10.8 Å². The van der Waals surface area contributed by atoms with Gasteiger partial charge in [0.25, 0.3) is 5.56 Å². The second-order valence-electron chi connectivity index (χ2n) is 4.24. The summed E-state index contributed by atoms with van der Waals surface area (Å²) in [5, 5.41) is 5.28. The standard InChI is InChI=1S/C11H12N2O5S2/c12-20(17,18)6-5-19(15,16)10-7-8-3-1-2-4-9(8)11(14)13-10/h1-4,7H,5-6H2,(H,13,14)(H2,12,17,18). The Morgan fingerprint density at radius 3 is 2.35 bits per heavy atom. The Morgan fingerprint density at radius 1 is 1.05 bits per heavy atom. The molecule has 0 unspecified atom stereocenters. The van der Waals surface area contributed by atoms with Gasteiger partial charge < -0.3 is 4.98 Å².